The van der Waals surface area contributed by atoms with E-state index in [1.54, 1.807) is 6.07 Å². The van der Waals surface area contributed by atoms with E-state index < -0.39 is 5.54 Å². The van der Waals surface area contributed by atoms with Gasteiger partial charge in [0.05, 0.1) is 0 Å². The summed E-state index contributed by atoms with van der Waals surface area (Å²) in [6.45, 7) is 5.59. The molecule has 0 aromatic carbocycles. The molecule has 1 N–H and O–H groups in total. The number of aryl methyl sites for hydroxylation is 1. The second-order valence-corrected chi connectivity index (χ2v) is 4.40. The maximum Gasteiger partial charge on any atom is 0.270 e. The lowest BCUT2D eigenvalue weighted by Crippen LogP contribution is -2.45. The Morgan fingerprint density at radius 1 is 1.53 bits per heavy atom. The van der Waals surface area contributed by atoms with Crippen molar-refractivity contribution in [2.75, 3.05) is 5.88 Å². The zero-order chi connectivity index (χ0) is 11.5. The van der Waals surface area contributed by atoms with Crippen molar-refractivity contribution in [1.29, 1.82) is 0 Å². The number of alkyl halides is 1. The highest BCUT2D eigenvalue weighted by atomic mass is 35.5. The first kappa shape index (κ1) is 12.0. The molecule has 0 unspecified atom stereocenters. The van der Waals surface area contributed by atoms with Crippen molar-refractivity contribution >= 4 is 17.5 Å². The van der Waals surface area contributed by atoms with Gasteiger partial charge in [0.1, 0.15) is 5.69 Å². The third-order valence-electron chi connectivity index (χ3n) is 1.91. The molecule has 1 amide bonds. The third-order valence-corrected chi connectivity index (χ3v) is 2.58. The first-order valence-electron chi connectivity index (χ1n) is 4.77. The standard InChI is InChI=1S/C11H15ClN2O/c1-8-5-4-6-9(13-8)10(15)14-11(2,3)7-12/h4-6H,7H2,1-3H3,(H,14,15). The molecule has 0 bridgehead atoms. The summed E-state index contributed by atoms with van der Waals surface area (Å²) >= 11 is 5.72. The molecule has 1 rings (SSSR count). The van der Waals surface area contributed by atoms with E-state index in [0.29, 0.717) is 11.6 Å². The van der Waals surface area contributed by atoms with Gasteiger partial charge < -0.3 is 5.32 Å². The maximum atomic E-state index is 11.7. The highest BCUT2D eigenvalue weighted by molar-refractivity contribution is 6.18. The first-order valence-corrected chi connectivity index (χ1v) is 5.30. The molecule has 4 heteroatoms. The van der Waals surface area contributed by atoms with E-state index in [1.807, 2.05) is 32.9 Å². The molecule has 1 aromatic rings. The second-order valence-electron chi connectivity index (χ2n) is 4.14. The quantitative estimate of drug-likeness (QED) is 0.803. The summed E-state index contributed by atoms with van der Waals surface area (Å²) in [6, 6.07) is 5.35. The van der Waals surface area contributed by atoms with Gasteiger partial charge in [-0.15, -0.1) is 11.6 Å². The van der Waals surface area contributed by atoms with Crippen LogP contribution in [0, 0.1) is 6.92 Å². The molecule has 0 radical (unpaired) electrons. The fraction of sp³-hybridized carbons (Fsp3) is 0.455. The van der Waals surface area contributed by atoms with Gasteiger partial charge in [-0.2, -0.15) is 0 Å². The van der Waals surface area contributed by atoms with Gasteiger partial charge in [0, 0.05) is 17.1 Å². The predicted octanol–water partition coefficient (Wildman–Crippen LogP) is 2.14. The van der Waals surface area contributed by atoms with E-state index in [-0.39, 0.29) is 5.91 Å². The SMILES string of the molecule is Cc1cccc(C(=O)NC(C)(C)CCl)n1. The molecule has 0 aliphatic rings. The minimum atomic E-state index is -0.413. The number of halogens is 1. The van der Waals surface area contributed by atoms with Crippen LogP contribution >= 0.6 is 11.6 Å². The van der Waals surface area contributed by atoms with Crippen LogP contribution in [0.4, 0.5) is 0 Å². The van der Waals surface area contributed by atoms with Crippen LogP contribution in [-0.2, 0) is 0 Å². The molecule has 0 fully saturated rings. The Morgan fingerprint density at radius 2 is 2.20 bits per heavy atom. The van der Waals surface area contributed by atoms with Crippen molar-refractivity contribution < 1.29 is 4.79 Å². The molecule has 0 saturated carbocycles. The number of pyridine rings is 1. The normalized spacial score (nSPS) is 11.2. The fourth-order valence-electron chi connectivity index (χ4n) is 1.07. The number of rotatable bonds is 3. The number of nitrogens with one attached hydrogen (secondary N) is 1. The number of hydrogen-bond donors (Lipinski definition) is 1. The van der Waals surface area contributed by atoms with Crippen LogP contribution in [0.5, 0.6) is 0 Å². The average Bonchev–Trinajstić information content (AvgIpc) is 2.17. The van der Waals surface area contributed by atoms with E-state index in [1.165, 1.54) is 0 Å². The fourth-order valence-corrected chi connectivity index (χ4v) is 1.14. The van der Waals surface area contributed by atoms with E-state index in [0.717, 1.165) is 5.69 Å². The zero-order valence-electron chi connectivity index (χ0n) is 9.17. The van der Waals surface area contributed by atoms with Crippen LogP contribution in [0.2, 0.25) is 0 Å². The molecule has 0 aliphatic heterocycles. The summed E-state index contributed by atoms with van der Waals surface area (Å²) in [4.78, 5) is 15.9. The van der Waals surface area contributed by atoms with Crippen LogP contribution in [0.1, 0.15) is 30.0 Å². The molecule has 15 heavy (non-hydrogen) atoms. The summed E-state index contributed by atoms with van der Waals surface area (Å²) in [5.74, 6) is 0.175. The minimum absolute atomic E-state index is 0.190. The van der Waals surface area contributed by atoms with Gasteiger partial charge in [0.25, 0.3) is 5.91 Å². The third kappa shape index (κ3) is 3.51. The number of amides is 1. The van der Waals surface area contributed by atoms with E-state index in [2.05, 4.69) is 10.3 Å². The Labute approximate surface area is 94.9 Å². The molecule has 0 atom stereocenters. The zero-order valence-corrected chi connectivity index (χ0v) is 9.93. The second kappa shape index (κ2) is 4.62. The Balaban J connectivity index is 2.78. The van der Waals surface area contributed by atoms with Crippen molar-refractivity contribution in [3.05, 3.63) is 29.6 Å². The monoisotopic (exact) mass is 226 g/mol. The Kier molecular flexibility index (Phi) is 3.69. The minimum Gasteiger partial charge on any atom is -0.345 e. The van der Waals surface area contributed by atoms with Crippen molar-refractivity contribution in [1.82, 2.24) is 10.3 Å². The Morgan fingerprint density at radius 3 is 2.73 bits per heavy atom. The molecule has 0 saturated heterocycles. The van der Waals surface area contributed by atoms with Gasteiger partial charge in [0.15, 0.2) is 0 Å². The smallest absolute Gasteiger partial charge is 0.270 e. The molecule has 82 valence electrons. The number of hydrogen-bond acceptors (Lipinski definition) is 2. The van der Waals surface area contributed by atoms with Crippen molar-refractivity contribution in [3.63, 3.8) is 0 Å². The summed E-state index contributed by atoms with van der Waals surface area (Å²) < 4.78 is 0. The Hall–Kier alpha value is -1.09. The molecule has 3 nitrogen and oxygen atoms in total. The summed E-state index contributed by atoms with van der Waals surface area (Å²) in [7, 11) is 0. The number of carbonyl (C=O) groups is 1. The lowest BCUT2D eigenvalue weighted by Gasteiger charge is -2.22. The van der Waals surface area contributed by atoms with Crippen LogP contribution < -0.4 is 5.32 Å². The predicted molar refractivity (Wildman–Crippen MR) is 61.2 cm³/mol. The molecule has 1 aromatic heterocycles. The first-order chi connectivity index (χ1) is 6.94. The topological polar surface area (TPSA) is 42.0 Å². The van der Waals surface area contributed by atoms with Gasteiger partial charge in [-0.05, 0) is 32.9 Å². The Bertz CT molecular complexity index is 363. The summed E-state index contributed by atoms with van der Waals surface area (Å²) in [5, 5.41) is 2.82. The molecule has 1 heterocycles. The van der Waals surface area contributed by atoms with E-state index in [4.69, 9.17) is 11.6 Å². The van der Waals surface area contributed by atoms with Crippen LogP contribution in [0.25, 0.3) is 0 Å². The number of carbonyl (C=O) groups excluding carboxylic acids is 1. The lowest BCUT2D eigenvalue weighted by atomic mass is 10.1. The van der Waals surface area contributed by atoms with Gasteiger partial charge >= 0.3 is 0 Å². The largest absolute Gasteiger partial charge is 0.345 e. The average molecular weight is 227 g/mol. The molecule has 0 spiro atoms. The van der Waals surface area contributed by atoms with Crippen LogP contribution in [0.15, 0.2) is 18.2 Å². The maximum absolute atomic E-state index is 11.7. The highest BCUT2D eigenvalue weighted by Gasteiger charge is 2.20. The van der Waals surface area contributed by atoms with E-state index in [9.17, 15) is 4.79 Å². The number of aromatic nitrogens is 1. The number of nitrogens with zero attached hydrogens (tertiary/aromatic N) is 1. The van der Waals surface area contributed by atoms with Crippen molar-refractivity contribution in [2.24, 2.45) is 0 Å². The van der Waals surface area contributed by atoms with Crippen molar-refractivity contribution in [2.45, 2.75) is 26.3 Å². The molecule has 0 aliphatic carbocycles. The van der Waals surface area contributed by atoms with Gasteiger partial charge in [-0.3, -0.25) is 4.79 Å². The van der Waals surface area contributed by atoms with Crippen molar-refractivity contribution in [3.8, 4) is 0 Å². The molecular formula is C11H15ClN2O. The van der Waals surface area contributed by atoms with Gasteiger partial charge in [-0.25, -0.2) is 4.98 Å². The van der Waals surface area contributed by atoms with E-state index >= 15 is 0 Å². The molecular weight excluding hydrogens is 212 g/mol. The lowest BCUT2D eigenvalue weighted by molar-refractivity contribution is 0.0915. The van der Waals surface area contributed by atoms with Gasteiger partial charge in [0.2, 0.25) is 0 Å². The highest BCUT2D eigenvalue weighted by Crippen LogP contribution is 2.06. The summed E-state index contributed by atoms with van der Waals surface area (Å²) in [6.07, 6.45) is 0. The van der Waals surface area contributed by atoms with Crippen LogP contribution in [-0.4, -0.2) is 22.3 Å². The van der Waals surface area contributed by atoms with Gasteiger partial charge in [-0.1, -0.05) is 6.07 Å². The van der Waals surface area contributed by atoms with Crippen LogP contribution in [0.3, 0.4) is 0 Å². The summed E-state index contributed by atoms with van der Waals surface area (Å²) in [5.41, 5.74) is 0.837.